The number of fused-ring (bicyclic) bond motifs is 1. The van der Waals surface area contributed by atoms with E-state index in [1.54, 1.807) is 6.08 Å². The Morgan fingerprint density at radius 1 is 0.750 bits per heavy atom. The molecule has 0 N–H and O–H groups in total. The normalized spacial score (nSPS) is 11.0. The fraction of sp³-hybridized carbons (Fsp3) is 0. The lowest BCUT2D eigenvalue weighted by molar-refractivity contribution is 0.104. The highest BCUT2D eigenvalue weighted by Crippen LogP contribution is 2.19. The molecule has 3 aromatic carbocycles. The average molecular weight is 258 g/mol. The highest BCUT2D eigenvalue weighted by molar-refractivity contribution is 6.07. The van der Waals surface area contributed by atoms with E-state index < -0.39 is 0 Å². The van der Waals surface area contributed by atoms with E-state index in [0.717, 1.165) is 10.9 Å². The molecule has 0 atom stereocenters. The zero-order valence-corrected chi connectivity index (χ0v) is 11.0. The monoisotopic (exact) mass is 258 g/mol. The van der Waals surface area contributed by atoms with Crippen LogP contribution in [0.15, 0.2) is 78.9 Å². The van der Waals surface area contributed by atoms with Gasteiger partial charge in [-0.1, -0.05) is 78.9 Å². The second-order valence-electron chi connectivity index (χ2n) is 4.63. The lowest BCUT2D eigenvalue weighted by Crippen LogP contribution is -1.92. The maximum atomic E-state index is 12.1. The number of ketones is 1. The third-order valence-electron chi connectivity index (χ3n) is 3.30. The molecule has 1 heteroatoms. The standard InChI is InChI=1S/C19H14O/c20-19(17-8-2-1-3-9-17)14-13-16-11-6-10-15-7-4-5-12-18(15)16/h1-14H/b14-13+. The summed E-state index contributed by atoms with van der Waals surface area (Å²) >= 11 is 0. The Kier molecular flexibility index (Phi) is 3.42. The zero-order valence-electron chi connectivity index (χ0n) is 11.0. The molecule has 3 rings (SSSR count). The molecule has 0 fully saturated rings. The van der Waals surface area contributed by atoms with Crippen LogP contribution in [0.25, 0.3) is 16.8 Å². The Hall–Kier alpha value is -2.67. The Bertz CT molecular complexity index is 765. The number of allylic oxidation sites excluding steroid dienone is 1. The summed E-state index contributed by atoms with van der Waals surface area (Å²) in [6, 6.07) is 23.6. The van der Waals surface area contributed by atoms with Gasteiger partial charge in [-0.05, 0) is 22.4 Å². The topological polar surface area (TPSA) is 17.1 Å². The summed E-state index contributed by atoms with van der Waals surface area (Å²) in [5.41, 5.74) is 1.77. The number of carbonyl (C=O) groups is 1. The van der Waals surface area contributed by atoms with Crippen LogP contribution < -0.4 is 0 Å². The van der Waals surface area contributed by atoms with Crippen molar-refractivity contribution in [2.24, 2.45) is 0 Å². The third kappa shape index (κ3) is 2.52. The Balaban J connectivity index is 1.94. The van der Waals surface area contributed by atoms with Gasteiger partial charge in [-0.25, -0.2) is 0 Å². The van der Waals surface area contributed by atoms with Crippen molar-refractivity contribution in [1.82, 2.24) is 0 Å². The third-order valence-corrected chi connectivity index (χ3v) is 3.30. The summed E-state index contributed by atoms with van der Waals surface area (Å²) in [5.74, 6) is 0.0264. The molecular formula is C19H14O. The fourth-order valence-electron chi connectivity index (χ4n) is 2.26. The van der Waals surface area contributed by atoms with Gasteiger partial charge in [0, 0.05) is 5.56 Å². The molecule has 0 aromatic heterocycles. The van der Waals surface area contributed by atoms with Crippen molar-refractivity contribution in [1.29, 1.82) is 0 Å². The number of hydrogen-bond acceptors (Lipinski definition) is 1. The maximum Gasteiger partial charge on any atom is 0.185 e. The summed E-state index contributed by atoms with van der Waals surface area (Å²) < 4.78 is 0. The Morgan fingerprint density at radius 2 is 1.45 bits per heavy atom. The number of carbonyl (C=O) groups excluding carboxylic acids is 1. The van der Waals surface area contributed by atoms with E-state index in [9.17, 15) is 4.79 Å². The van der Waals surface area contributed by atoms with Crippen molar-refractivity contribution < 1.29 is 4.79 Å². The first kappa shape index (κ1) is 12.4. The van der Waals surface area contributed by atoms with E-state index in [4.69, 9.17) is 0 Å². The SMILES string of the molecule is O=C(/C=C/c1cccc2ccccc12)c1ccccc1. The first-order chi connectivity index (χ1) is 9.84. The minimum atomic E-state index is 0.0264. The van der Waals surface area contributed by atoms with Gasteiger partial charge in [-0.2, -0.15) is 0 Å². The molecule has 20 heavy (non-hydrogen) atoms. The number of rotatable bonds is 3. The highest BCUT2D eigenvalue weighted by Gasteiger charge is 2.01. The molecule has 0 aliphatic rings. The van der Waals surface area contributed by atoms with Crippen molar-refractivity contribution >= 4 is 22.6 Å². The van der Waals surface area contributed by atoms with Gasteiger partial charge in [-0.15, -0.1) is 0 Å². The predicted octanol–water partition coefficient (Wildman–Crippen LogP) is 4.74. The molecule has 96 valence electrons. The largest absolute Gasteiger partial charge is 0.289 e. The van der Waals surface area contributed by atoms with Crippen LogP contribution in [0, 0.1) is 0 Å². The van der Waals surface area contributed by atoms with Gasteiger partial charge >= 0.3 is 0 Å². The van der Waals surface area contributed by atoms with E-state index in [1.807, 2.05) is 60.7 Å². The van der Waals surface area contributed by atoms with E-state index >= 15 is 0 Å². The molecule has 0 aliphatic carbocycles. The first-order valence-electron chi connectivity index (χ1n) is 6.60. The van der Waals surface area contributed by atoms with Crippen LogP contribution in [0.4, 0.5) is 0 Å². The summed E-state index contributed by atoms with van der Waals surface area (Å²) in [4.78, 5) is 12.1. The molecule has 0 amide bonds. The van der Waals surface area contributed by atoms with E-state index in [0.29, 0.717) is 5.56 Å². The van der Waals surface area contributed by atoms with Crippen molar-refractivity contribution in [3.8, 4) is 0 Å². The minimum Gasteiger partial charge on any atom is -0.289 e. The molecular weight excluding hydrogens is 244 g/mol. The van der Waals surface area contributed by atoms with Gasteiger partial charge in [0.25, 0.3) is 0 Å². The van der Waals surface area contributed by atoms with Gasteiger partial charge in [0.05, 0.1) is 0 Å². The van der Waals surface area contributed by atoms with Crippen LogP contribution in [0.1, 0.15) is 15.9 Å². The minimum absolute atomic E-state index is 0.0264. The molecule has 0 saturated heterocycles. The summed E-state index contributed by atoms with van der Waals surface area (Å²) in [5, 5.41) is 2.34. The lowest BCUT2D eigenvalue weighted by atomic mass is 10.0. The van der Waals surface area contributed by atoms with E-state index in [2.05, 4.69) is 18.2 Å². The summed E-state index contributed by atoms with van der Waals surface area (Å²) in [6.45, 7) is 0. The van der Waals surface area contributed by atoms with E-state index in [1.165, 1.54) is 5.39 Å². The van der Waals surface area contributed by atoms with Crippen LogP contribution in [0.5, 0.6) is 0 Å². The average Bonchev–Trinajstić information content (AvgIpc) is 2.53. The van der Waals surface area contributed by atoms with Crippen molar-refractivity contribution in [2.45, 2.75) is 0 Å². The quantitative estimate of drug-likeness (QED) is 0.490. The highest BCUT2D eigenvalue weighted by atomic mass is 16.1. The molecule has 0 unspecified atom stereocenters. The molecule has 0 aliphatic heterocycles. The molecule has 0 saturated carbocycles. The predicted molar refractivity (Wildman–Crippen MR) is 83.8 cm³/mol. The number of hydrogen-bond donors (Lipinski definition) is 0. The van der Waals surface area contributed by atoms with Gasteiger partial charge in [0.2, 0.25) is 0 Å². The van der Waals surface area contributed by atoms with E-state index in [-0.39, 0.29) is 5.78 Å². The van der Waals surface area contributed by atoms with Crippen LogP contribution in [-0.4, -0.2) is 5.78 Å². The Labute approximate surface area is 118 Å². The molecule has 3 aromatic rings. The van der Waals surface area contributed by atoms with Crippen molar-refractivity contribution in [3.05, 3.63) is 90.0 Å². The van der Waals surface area contributed by atoms with Gasteiger partial charge < -0.3 is 0 Å². The smallest absolute Gasteiger partial charge is 0.185 e. The van der Waals surface area contributed by atoms with Gasteiger partial charge in [0.15, 0.2) is 5.78 Å². The molecule has 0 radical (unpaired) electrons. The lowest BCUT2D eigenvalue weighted by Gasteiger charge is -2.01. The van der Waals surface area contributed by atoms with Gasteiger partial charge in [0.1, 0.15) is 0 Å². The Morgan fingerprint density at radius 3 is 2.30 bits per heavy atom. The van der Waals surface area contributed by atoms with Gasteiger partial charge in [-0.3, -0.25) is 4.79 Å². The number of benzene rings is 3. The fourth-order valence-corrected chi connectivity index (χ4v) is 2.26. The summed E-state index contributed by atoms with van der Waals surface area (Å²) in [7, 11) is 0. The van der Waals surface area contributed by atoms with Crippen LogP contribution in [-0.2, 0) is 0 Å². The molecule has 0 heterocycles. The first-order valence-corrected chi connectivity index (χ1v) is 6.60. The molecule has 1 nitrogen and oxygen atoms in total. The van der Waals surface area contributed by atoms with Crippen LogP contribution in [0.2, 0.25) is 0 Å². The molecule has 0 spiro atoms. The van der Waals surface area contributed by atoms with Crippen molar-refractivity contribution in [2.75, 3.05) is 0 Å². The van der Waals surface area contributed by atoms with Crippen LogP contribution in [0.3, 0.4) is 0 Å². The zero-order chi connectivity index (χ0) is 13.8. The maximum absolute atomic E-state index is 12.1. The van der Waals surface area contributed by atoms with Crippen LogP contribution >= 0.6 is 0 Å². The van der Waals surface area contributed by atoms with Crippen molar-refractivity contribution in [3.63, 3.8) is 0 Å². The molecule has 0 bridgehead atoms. The second kappa shape index (κ2) is 5.54. The summed E-state index contributed by atoms with van der Waals surface area (Å²) in [6.07, 6.45) is 3.52. The second-order valence-corrected chi connectivity index (χ2v) is 4.63.